The van der Waals surface area contributed by atoms with E-state index in [2.05, 4.69) is 17.2 Å². The zero-order chi connectivity index (χ0) is 12.4. The Kier molecular flexibility index (Phi) is 4.53. The molecule has 0 spiro atoms. The number of nitrogens with zero attached hydrogens (tertiary/aromatic N) is 2. The van der Waals surface area contributed by atoms with Crippen LogP contribution in [0.1, 0.15) is 0 Å². The molecule has 0 aliphatic heterocycles. The van der Waals surface area contributed by atoms with Crippen molar-refractivity contribution in [2.24, 2.45) is 0 Å². The highest BCUT2D eigenvalue weighted by Gasteiger charge is 2.14. The molecule has 96 valence electrons. The van der Waals surface area contributed by atoms with Gasteiger partial charge >= 0.3 is 0 Å². The molecule has 0 aliphatic rings. The Labute approximate surface area is 126 Å². The average Bonchev–Trinajstić information content (AvgIpc) is 2.90. The van der Waals surface area contributed by atoms with Crippen LogP contribution < -0.4 is 16.5 Å². The van der Waals surface area contributed by atoms with Crippen LogP contribution >= 0.6 is 23.1 Å². The van der Waals surface area contributed by atoms with Crippen LogP contribution in [0.25, 0.3) is 16.9 Å². The Morgan fingerprint density at radius 2 is 1.63 bits per heavy atom. The summed E-state index contributed by atoms with van der Waals surface area (Å²) < 4.78 is 1.89. The molecule has 1 aromatic heterocycles. The van der Waals surface area contributed by atoms with Gasteiger partial charge in [0.15, 0.2) is 17.2 Å². The highest BCUT2D eigenvalue weighted by Crippen LogP contribution is 2.17. The molecule has 2 aromatic carbocycles. The van der Waals surface area contributed by atoms with Crippen molar-refractivity contribution < 1.29 is 16.5 Å². The molecular weight excluding hydrogens is 299 g/mol. The number of halogens is 2. The lowest BCUT2D eigenvalue weighted by molar-refractivity contribution is -0.587. The zero-order valence-electron chi connectivity index (χ0n) is 9.83. The Balaban J connectivity index is 0.00000133. The van der Waals surface area contributed by atoms with E-state index in [1.807, 2.05) is 51.9 Å². The molecule has 3 aromatic rings. The Morgan fingerprint density at radius 1 is 0.947 bits per heavy atom. The smallest absolute Gasteiger partial charge is 0.253 e. The molecular formula is C14H10Cl2N2S. The summed E-state index contributed by atoms with van der Waals surface area (Å²) in [6.07, 6.45) is 0. The topological polar surface area (TPSA) is 16.8 Å². The van der Waals surface area contributed by atoms with E-state index < -0.39 is 0 Å². The normalized spacial score (nSPS) is 9.95. The largest absolute Gasteiger partial charge is 1.00 e. The van der Waals surface area contributed by atoms with Gasteiger partial charge in [-0.2, -0.15) is 0 Å². The lowest BCUT2D eigenvalue weighted by atomic mass is 10.2. The quantitative estimate of drug-likeness (QED) is 0.638. The molecule has 0 fully saturated rings. The predicted molar refractivity (Wildman–Crippen MR) is 74.1 cm³/mol. The zero-order valence-corrected chi connectivity index (χ0v) is 12.2. The van der Waals surface area contributed by atoms with E-state index in [4.69, 9.17) is 11.6 Å². The maximum absolute atomic E-state index is 5.87. The van der Waals surface area contributed by atoms with Crippen molar-refractivity contribution in [3.05, 3.63) is 65.0 Å². The molecule has 0 unspecified atom stereocenters. The molecule has 3 rings (SSSR count). The Morgan fingerprint density at radius 3 is 2.32 bits per heavy atom. The van der Waals surface area contributed by atoms with Crippen LogP contribution in [0.4, 0.5) is 0 Å². The number of benzene rings is 2. The Bertz CT molecular complexity index is 651. The molecule has 0 atom stereocenters. The van der Waals surface area contributed by atoms with Crippen LogP contribution in [-0.4, -0.2) is 5.10 Å². The van der Waals surface area contributed by atoms with Crippen LogP contribution in [0.3, 0.4) is 0 Å². The first kappa shape index (κ1) is 14.0. The van der Waals surface area contributed by atoms with Crippen LogP contribution in [0.15, 0.2) is 60.0 Å². The molecule has 1 heterocycles. The number of hydrogen-bond donors (Lipinski definition) is 0. The maximum Gasteiger partial charge on any atom is 0.253 e. The third-order valence-electron chi connectivity index (χ3n) is 2.58. The van der Waals surface area contributed by atoms with Gasteiger partial charge < -0.3 is 12.4 Å². The SMILES string of the molecule is Clc1ccc(-[n+]2nc(-c3ccccc3)cs2)cc1.[Cl-]. The number of aromatic nitrogens is 2. The summed E-state index contributed by atoms with van der Waals surface area (Å²) in [5.74, 6) is 0. The van der Waals surface area contributed by atoms with Gasteiger partial charge in [-0.15, -0.1) is 0 Å². The average molecular weight is 309 g/mol. The summed E-state index contributed by atoms with van der Waals surface area (Å²) in [6.45, 7) is 0. The van der Waals surface area contributed by atoms with E-state index in [-0.39, 0.29) is 12.4 Å². The van der Waals surface area contributed by atoms with Gasteiger partial charge in [0, 0.05) is 31.9 Å². The highest BCUT2D eigenvalue weighted by molar-refractivity contribution is 6.99. The molecule has 0 saturated heterocycles. The predicted octanol–water partition coefficient (Wildman–Crippen LogP) is 0.744. The molecule has 0 amide bonds. The first-order valence-electron chi connectivity index (χ1n) is 5.53. The van der Waals surface area contributed by atoms with Gasteiger partial charge in [-0.05, 0) is 12.1 Å². The molecule has 0 N–H and O–H groups in total. The molecule has 0 aliphatic carbocycles. The summed E-state index contributed by atoms with van der Waals surface area (Å²) in [5, 5.41) is 7.35. The number of hydrogen-bond acceptors (Lipinski definition) is 2. The van der Waals surface area contributed by atoms with Gasteiger partial charge in [-0.3, -0.25) is 0 Å². The fourth-order valence-corrected chi connectivity index (χ4v) is 2.55. The summed E-state index contributed by atoms with van der Waals surface area (Å²) in [5.41, 5.74) is 3.13. The van der Waals surface area contributed by atoms with Gasteiger partial charge in [-0.25, -0.2) is 0 Å². The van der Waals surface area contributed by atoms with Crippen LogP contribution in [-0.2, 0) is 0 Å². The van der Waals surface area contributed by atoms with Gasteiger partial charge in [0.05, 0.1) is 5.38 Å². The molecule has 0 bridgehead atoms. The van der Waals surface area contributed by atoms with Crippen LogP contribution in [0.5, 0.6) is 0 Å². The lowest BCUT2D eigenvalue weighted by Gasteiger charge is -1.91. The van der Waals surface area contributed by atoms with Gasteiger partial charge in [-0.1, -0.05) is 41.9 Å². The summed E-state index contributed by atoms with van der Waals surface area (Å²) >= 11 is 7.44. The van der Waals surface area contributed by atoms with Gasteiger partial charge in [0.2, 0.25) is 0 Å². The highest BCUT2D eigenvalue weighted by atomic mass is 35.5. The van der Waals surface area contributed by atoms with Crippen molar-refractivity contribution in [1.82, 2.24) is 5.10 Å². The van der Waals surface area contributed by atoms with Crippen molar-refractivity contribution in [2.75, 3.05) is 0 Å². The van der Waals surface area contributed by atoms with Crippen molar-refractivity contribution in [1.29, 1.82) is 0 Å². The molecule has 2 nitrogen and oxygen atoms in total. The second kappa shape index (κ2) is 6.15. The summed E-state index contributed by atoms with van der Waals surface area (Å²) in [4.78, 5) is 0. The van der Waals surface area contributed by atoms with Gasteiger partial charge in [0.1, 0.15) is 0 Å². The molecule has 5 heteroatoms. The van der Waals surface area contributed by atoms with E-state index in [0.29, 0.717) is 0 Å². The molecule has 0 radical (unpaired) electrons. The van der Waals surface area contributed by atoms with E-state index in [1.165, 1.54) is 0 Å². The monoisotopic (exact) mass is 308 g/mol. The lowest BCUT2D eigenvalue weighted by Crippen LogP contribution is -3.00. The first-order valence-corrected chi connectivity index (χ1v) is 6.74. The minimum absolute atomic E-state index is 0. The second-order valence-corrected chi connectivity index (χ2v) is 5.05. The van der Waals surface area contributed by atoms with E-state index in [0.717, 1.165) is 22.0 Å². The first-order chi connectivity index (χ1) is 8.83. The standard InChI is InChI=1S/C14H10ClN2S.ClH/c15-12-6-8-13(9-7-12)17-16-14(10-18-17)11-4-2-1-3-5-11;/h1-10H;1H/q+1;/p-1. The van der Waals surface area contributed by atoms with Crippen molar-refractivity contribution >= 4 is 23.1 Å². The maximum atomic E-state index is 5.87. The van der Waals surface area contributed by atoms with E-state index >= 15 is 0 Å². The second-order valence-electron chi connectivity index (χ2n) is 3.82. The fraction of sp³-hybridized carbons (Fsp3) is 0. The fourth-order valence-electron chi connectivity index (χ4n) is 1.67. The Hall–Kier alpha value is -1.42. The third kappa shape index (κ3) is 3.13. The van der Waals surface area contributed by atoms with Crippen molar-refractivity contribution in [2.45, 2.75) is 0 Å². The summed E-state index contributed by atoms with van der Waals surface area (Å²) in [6, 6.07) is 17.8. The van der Waals surface area contributed by atoms with Crippen molar-refractivity contribution in [3.8, 4) is 16.9 Å². The van der Waals surface area contributed by atoms with Crippen molar-refractivity contribution in [3.63, 3.8) is 0 Å². The van der Waals surface area contributed by atoms with E-state index in [1.54, 1.807) is 11.5 Å². The van der Waals surface area contributed by atoms with Crippen LogP contribution in [0, 0.1) is 0 Å². The minimum Gasteiger partial charge on any atom is -1.00 e. The minimum atomic E-state index is 0. The van der Waals surface area contributed by atoms with Gasteiger partial charge in [0.25, 0.3) is 5.69 Å². The third-order valence-corrected chi connectivity index (χ3v) is 3.65. The molecule has 19 heavy (non-hydrogen) atoms. The van der Waals surface area contributed by atoms with E-state index in [9.17, 15) is 0 Å². The number of rotatable bonds is 2. The molecule has 0 saturated carbocycles. The summed E-state index contributed by atoms with van der Waals surface area (Å²) in [7, 11) is 0. The van der Waals surface area contributed by atoms with Crippen LogP contribution in [0.2, 0.25) is 5.02 Å².